The fourth-order valence-electron chi connectivity index (χ4n) is 2.71. The zero-order valence-corrected chi connectivity index (χ0v) is 13.8. The van der Waals surface area contributed by atoms with Gasteiger partial charge in [0.2, 0.25) is 15.9 Å². The van der Waals surface area contributed by atoms with Gasteiger partial charge in [0, 0.05) is 25.6 Å². The highest BCUT2D eigenvalue weighted by Gasteiger charge is 2.26. The van der Waals surface area contributed by atoms with Gasteiger partial charge >= 0.3 is 0 Å². The fraction of sp³-hybridized carbons (Fsp3) is 0.929. The zero-order chi connectivity index (χ0) is 15.7. The van der Waals surface area contributed by atoms with Crippen LogP contribution in [0, 0.1) is 0 Å². The number of nitrogens with one attached hydrogen (secondary N) is 1. The minimum Gasteiger partial charge on any atom is -0.338 e. The molecule has 21 heavy (non-hydrogen) atoms. The van der Waals surface area contributed by atoms with E-state index in [2.05, 4.69) is 4.72 Å². The van der Waals surface area contributed by atoms with E-state index < -0.39 is 10.0 Å². The molecule has 124 valence electrons. The van der Waals surface area contributed by atoms with Crippen molar-refractivity contribution in [2.45, 2.75) is 57.4 Å². The van der Waals surface area contributed by atoms with E-state index in [9.17, 15) is 13.2 Å². The third kappa shape index (κ3) is 7.78. The predicted octanol–water partition coefficient (Wildman–Crippen LogP) is 0.826. The van der Waals surface area contributed by atoms with Crippen LogP contribution >= 0.6 is 0 Å². The molecular formula is C14H29N3O3S. The molecule has 1 aliphatic heterocycles. The highest BCUT2D eigenvalue weighted by molar-refractivity contribution is 7.88. The minimum absolute atomic E-state index is 0.00465. The molecular weight excluding hydrogens is 290 g/mol. The summed E-state index contributed by atoms with van der Waals surface area (Å²) in [6, 6.07) is 0.00465. The molecule has 0 aromatic carbocycles. The number of piperidine rings is 1. The van der Waals surface area contributed by atoms with Gasteiger partial charge in [-0.05, 0) is 38.6 Å². The number of rotatable bonds is 9. The van der Waals surface area contributed by atoms with Crippen LogP contribution in [0.1, 0.15) is 51.4 Å². The van der Waals surface area contributed by atoms with Crippen molar-refractivity contribution in [3.05, 3.63) is 0 Å². The molecule has 1 saturated heterocycles. The van der Waals surface area contributed by atoms with Crippen LogP contribution in [-0.4, -0.2) is 51.2 Å². The van der Waals surface area contributed by atoms with Crippen LogP contribution < -0.4 is 10.5 Å². The Hall–Kier alpha value is -0.660. The molecule has 1 unspecified atom stereocenters. The Labute approximate surface area is 128 Å². The van der Waals surface area contributed by atoms with Crippen LogP contribution in [0.3, 0.4) is 0 Å². The Bertz CT molecular complexity index is 412. The lowest BCUT2D eigenvalue weighted by Crippen LogP contribution is -2.49. The summed E-state index contributed by atoms with van der Waals surface area (Å²) in [6.07, 6.45) is 8.65. The Kier molecular flexibility index (Phi) is 8.21. The molecule has 0 aliphatic carbocycles. The van der Waals surface area contributed by atoms with Gasteiger partial charge in [-0.3, -0.25) is 4.79 Å². The molecule has 1 fully saturated rings. The maximum Gasteiger partial charge on any atom is 0.222 e. The topological polar surface area (TPSA) is 92.5 Å². The molecule has 0 radical (unpaired) electrons. The number of sulfonamides is 1. The lowest BCUT2D eigenvalue weighted by atomic mass is 10.0. The standard InChI is InChI=1S/C14H29N3O3S/c1-21(19,20)16-12-13-8-5-7-11-17(13)14(18)9-4-2-3-6-10-15/h13,16H,2-12,15H2,1H3. The van der Waals surface area contributed by atoms with E-state index in [0.29, 0.717) is 19.5 Å². The van der Waals surface area contributed by atoms with E-state index in [1.165, 1.54) is 0 Å². The molecule has 7 heteroatoms. The average Bonchev–Trinajstić information content (AvgIpc) is 2.44. The second-order valence-corrected chi connectivity index (χ2v) is 7.64. The van der Waals surface area contributed by atoms with Gasteiger partial charge in [0.05, 0.1) is 6.26 Å². The zero-order valence-electron chi connectivity index (χ0n) is 13.0. The van der Waals surface area contributed by atoms with E-state index >= 15 is 0 Å². The Morgan fingerprint density at radius 2 is 1.95 bits per heavy atom. The van der Waals surface area contributed by atoms with Gasteiger partial charge in [-0.15, -0.1) is 0 Å². The van der Waals surface area contributed by atoms with Crippen LogP contribution in [0.5, 0.6) is 0 Å². The number of hydrogen-bond donors (Lipinski definition) is 2. The van der Waals surface area contributed by atoms with E-state index in [1.807, 2.05) is 4.90 Å². The van der Waals surface area contributed by atoms with Crippen molar-refractivity contribution in [3.8, 4) is 0 Å². The molecule has 0 bridgehead atoms. The van der Waals surface area contributed by atoms with Gasteiger partial charge in [-0.2, -0.15) is 0 Å². The van der Waals surface area contributed by atoms with Crippen molar-refractivity contribution in [2.75, 3.05) is 25.9 Å². The molecule has 1 rings (SSSR count). The van der Waals surface area contributed by atoms with Crippen molar-refractivity contribution in [1.29, 1.82) is 0 Å². The number of hydrogen-bond acceptors (Lipinski definition) is 4. The molecule has 1 amide bonds. The Morgan fingerprint density at radius 3 is 2.62 bits per heavy atom. The van der Waals surface area contributed by atoms with Crippen molar-refractivity contribution in [3.63, 3.8) is 0 Å². The summed E-state index contributed by atoms with van der Waals surface area (Å²) in [5, 5.41) is 0. The highest BCUT2D eigenvalue weighted by atomic mass is 32.2. The largest absolute Gasteiger partial charge is 0.338 e. The molecule has 1 atom stereocenters. The number of amides is 1. The van der Waals surface area contributed by atoms with Gasteiger partial charge in [-0.1, -0.05) is 12.8 Å². The summed E-state index contributed by atoms with van der Waals surface area (Å²) in [5.74, 6) is 0.155. The lowest BCUT2D eigenvalue weighted by Gasteiger charge is -2.36. The van der Waals surface area contributed by atoms with E-state index in [1.54, 1.807) is 0 Å². The van der Waals surface area contributed by atoms with Gasteiger partial charge in [0.15, 0.2) is 0 Å². The van der Waals surface area contributed by atoms with Crippen molar-refractivity contribution >= 4 is 15.9 Å². The van der Waals surface area contributed by atoms with Crippen molar-refractivity contribution in [2.24, 2.45) is 5.73 Å². The maximum absolute atomic E-state index is 12.3. The molecule has 0 spiro atoms. The number of carbonyl (C=O) groups excluding carboxylic acids is 1. The van der Waals surface area contributed by atoms with E-state index in [-0.39, 0.29) is 11.9 Å². The quantitative estimate of drug-likeness (QED) is 0.616. The van der Waals surface area contributed by atoms with Gasteiger partial charge in [-0.25, -0.2) is 13.1 Å². The number of nitrogens with zero attached hydrogens (tertiary/aromatic N) is 1. The lowest BCUT2D eigenvalue weighted by molar-refractivity contribution is -0.134. The first-order valence-corrected chi connectivity index (χ1v) is 9.77. The van der Waals surface area contributed by atoms with Crippen molar-refractivity contribution in [1.82, 2.24) is 9.62 Å². The normalized spacial score (nSPS) is 19.7. The van der Waals surface area contributed by atoms with Crippen LogP contribution in [0.4, 0.5) is 0 Å². The monoisotopic (exact) mass is 319 g/mol. The Balaban J connectivity index is 2.38. The highest BCUT2D eigenvalue weighted by Crippen LogP contribution is 2.18. The number of unbranched alkanes of at least 4 members (excludes halogenated alkanes) is 3. The predicted molar refractivity (Wildman–Crippen MR) is 84.3 cm³/mol. The Morgan fingerprint density at radius 1 is 1.24 bits per heavy atom. The first-order chi connectivity index (χ1) is 9.94. The molecule has 0 aromatic heterocycles. The maximum atomic E-state index is 12.3. The number of carbonyl (C=O) groups is 1. The second-order valence-electron chi connectivity index (χ2n) is 5.81. The molecule has 0 saturated carbocycles. The van der Waals surface area contributed by atoms with Crippen LogP contribution in [0.15, 0.2) is 0 Å². The molecule has 3 N–H and O–H groups in total. The summed E-state index contributed by atoms with van der Waals surface area (Å²) in [6.45, 7) is 1.79. The number of likely N-dealkylation sites (tertiary alicyclic amines) is 1. The number of nitrogens with two attached hydrogens (primary N) is 1. The minimum atomic E-state index is -3.20. The molecule has 0 aromatic rings. The summed E-state index contributed by atoms with van der Waals surface area (Å²) in [4.78, 5) is 14.2. The second kappa shape index (κ2) is 9.38. The van der Waals surface area contributed by atoms with Crippen LogP contribution in [0.25, 0.3) is 0 Å². The third-order valence-electron chi connectivity index (χ3n) is 3.87. The van der Waals surface area contributed by atoms with Crippen LogP contribution in [0.2, 0.25) is 0 Å². The van der Waals surface area contributed by atoms with Crippen LogP contribution in [-0.2, 0) is 14.8 Å². The fourth-order valence-corrected chi connectivity index (χ4v) is 3.20. The smallest absolute Gasteiger partial charge is 0.222 e. The summed E-state index contributed by atoms with van der Waals surface area (Å²) >= 11 is 0. The summed E-state index contributed by atoms with van der Waals surface area (Å²) in [7, 11) is -3.20. The summed E-state index contributed by atoms with van der Waals surface area (Å²) < 4.78 is 24.9. The van der Waals surface area contributed by atoms with Crippen molar-refractivity contribution < 1.29 is 13.2 Å². The van der Waals surface area contributed by atoms with E-state index in [0.717, 1.165) is 57.7 Å². The molecule has 1 heterocycles. The first kappa shape index (κ1) is 18.4. The molecule has 1 aliphatic rings. The SMILES string of the molecule is CS(=O)(=O)NCC1CCCCN1C(=O)CCCCCCN. The molecule has 6 nitrogen and oxygen atoms in total. The van der Waals surface area contributed by atoms with Gasteiger partial charge in [0.1, 0.15) is 0 Å². The van der Waals surface area contributed by atoms with Gasteiger partial charge < -0.3 is 10.6 Å². The van der Waals surface area contributed by atoms with Gasteiger partial charge in [0.25, 0.3) is 0 Å². The summed E-state index contributed by atoms with van der Waals surface area (Å²) in [5.41, 5.74) is 5.44. The third-order valence-corrected chi connectivity index (χ3v) is 4.56. The van der Waals surface area contributed by atoms with E-state index in [4.69, 9.17) is 5.73 Å². The first-order valence-electron chi connectivity index (χ1n) is 7.88. The average molecular weight is 319 g/mol.